The van der Waals surface area contributed by atoms with Crippen LogP contribution in [0.25, 0.3) is 0 Å². The summed E-state index contributed by atoms with van der Waals surface area (Å²) in [4.78, 5) is 12.0. The van der Waals surface area contributed by atoms with E-state index in [2.05, 4.69) is 11.4 Å². The predicted molar refractivity (Wildman–Crippen MR) is 80.7 cm³/mol. The molecule has 20 heavy (non-hydrogen) atoms. The maximum atomic E-state index is 12.0. The number of nitrogens with two attached hydrogens (primary N) is 1. The molecule has 1 aliphatic rings. The van der Waals surface area contributed by atoms with Gasteiger partial charge in [-0.25, -0.2) is 0 Å². The topological polar surface area (TPSA) is 64.3 Å². The number of ether oxygens (including phenoxy) is 1. The lowest BCUT2D eigenvalue weighted by Crippen LogP contribution is -2.25. The van der Waals surface area contributed by atoms with Crippen molar-refractivity contribution in [2.75, 3.05) is 18.5 Å². The van der Waals surface area contributed by atoms with Gasteiger partial charge in [-0.05, 0) is 56.3 Å². The number of aryl methyl sites for hydroxylation is 1. The van der Waals surface area contributed by atoms with Gasteiger partial charge in [-0.1, -0.05) is 12.1 Å². The molecule has 1 unspecified atom stereocenters. The third-order valence-corrected chi connectivity index (χ3v) is 3.57. The number of hydrogen-bond acceptors (Lipinski definition) is 3. The first kappa shape index (κ1) is 15.0. The summed E-state index contributed by atoms with van der Waals surface area (Å²) < 4.78 is 5.59. The SMILES string of the molecule is NCCCc1cccc(NC(=O)CC2CCCCO2)c1. The largest absolute Gasteiger partial charge is 0.378 e. The Hall–Kier alpha value is -1.39. The van der Waals surface area contributed by atoms with Crippen molar-refractivity contribution in [3.05, 3.63) is 29.8 Å². The number of amides is 1. The van der Waals surface area contributed by atoms with E-state index in [1.54, 1.807) is 0 Å². The molecule has 1 aliphatic heterocycles. The number of benzene rings is 1. The molecule has 0 saturated carbocycles. The minimum absolute atomic E-state index is 0.0351. The molecule has 110 valence electrons. The van der Waals surface area contributed by atoms with Gasteiger partial charge in [0.1, 0.15) is 0 Å². The highest BCUT2D eigenvalue weighted by molar-refractivity contribution is 5.91. The summed E-state index contributed by atoms with van der Waals surface area (Å²) in [5.41, 5.74) is 7.59. The highest BCUT2D eigenvalue weighted by Gasteiger charge is 2.17. The average molecular weight is 276 g/mol. The van der Waals surface area contributed by atoms with Gasteiger partial charge in [0.05, 0.1) is 12.5 Å². The summed E-state index contributed by atoms with van der Waals surface area (Å²) in [6, 6.07) is 7.98. The second-order valence-electron chi connectivity index (χ2n) is 5.33. The summed E-state index contributed by atoms with van der Waals surface area (Å²) in [5.74, 6) is 0.0351. The summed E-state index contributed by atoms with van der Waals surface area (Å²) >= 11 is 0. The highest BCUT2D eigenvalue weighted by atomic mass is 16.5. The van der Waals surface area contributed by atoms with Crippen molar-refractivity contribution in [2.45, 2.75) is 44.6 Å². The zero-order chi connectivity index (χ0) is 14.2. The monoisotopic (exact) mass is 276 g/mol. The first-order valence-corrected chi connectivity index (χ1v) is 7.48. The Morgan fingerprint density at radius 3 is 3.05 bits per heavy atom. The van der Waals surface area contributed by atoms with Crippen molar-refractivity contribution in [1.82, 2.24) is 0 Å². The van der Waals surface area contributed by atoms with E-state index in [1.165, 1.54) is 5.56 Å². The molecule has 0 spiro atoms. The Labute approximate surface area is 120 Å². The van der Waals surface area contributed by atoms with Crippen LogP contribution in [-0.2, 0) is 16.0 Å². The molecule has 1 amide bonds. The van der Waals surface area contributed by atoms with E-state index in [0.29, 0.717) is 13.0 Å². The zero-order valence-corrected chi connectivity index (χ0v) is 11.9. The fraction of sp³-hybridized carbons (Fsp3) is 0.562. The summed E-state index contributed by atoms with van der Waals surface area (Å²) in [6.07, 6.45) is 5.72. The molecular formula is C16H24N2O2. The molecule has 4 heteroatoms. The molecule has 0 aliphatic carbocycles. The van der Waals surface area contributed by atoms with Crippen LogP contribution >= 0.6 is 0 Å². The van der Waals surface area contributed by atoms with Crippen LogP contribution in [0.15, 0.2) is 24.3 Å². The fourth-order valence-corrected chi connectivity index (χ4v) is 2.50. The number of hydrogen-bond donors (Lipinski definition) is 2. The molecule has 0 radical (unpaired) electrons. The molecule has 2 rings (SSSR count). The molecule has 4 nitrogen and oxygen atoms in total. The number of anilines is 1. The van der Waals surface area contributed by atoms with Crippen LogP contribution in [0.1, 0.15) is 37.7 Å². The molecule has 0 aromatic heterocycles. The summed E-state index contributed by atoms with van der Waals surface area (Å²) in [5, 5.41) is 2.96. The normalized spacial score (nSPS) is 18.8. The smallest absolute Gasteiger partial charge is 0.226 e. The minimum Gasteiger partial charge on any atom is -0.378 e. The van der Waals surface area contributed by atoms with E-state index in [1.807, 2.05) is 18.2 Å². The highest BCUT2D eigenvalue weighted by Crippen LogP contribution is 2.17. The Kier molecular flexibility index (Phi) is 6.02. The van der Waals surface area contributed by atoms with Gasteiger partial charge >= 0.3 is 0 Å². The van der Waals surface area contributed by atoms with E-state index in [0.717, 1.165) is 44.4 Å². The van der Waals surface area contributed by atoms with Gasteiger partial charge in [-0.2, -0.15) is 0 Å². The number of nitrogens with one attached hydrogen (secondary N) is 1. The molecule has 1 fully saturated rings. The molecule has 3 N–H and O–H groups in total. The van der Waals surface area contributed by atoms with Gasteiger partial charge in [0, 0.05) is 12.3 Å². The van der Waals surface area contributed by atoms with Crippen molar-refractivity contribution in [2.24, 2.45) is 5.73 Å². The van der Waals surface area contributed by atoms with Crippen LogP contribution in [-0.4, -0.2) is 25.2 Å². The van der Waals surface area contributed by atoms with Gasteiger partial charge in [0.15, 0.2) is 0 Å². The second kappa shape index (κ2) is 8.02. The van der Waals surface area contributed by atoms with Gasteiger partial charge in [-0.15, -0.1) is 0 Å². The lowest BCUT2D eigenvalue weighted by atomic mass is 10.1. The Morgan fingerprint density at radius 2 is 2.30 bits per heavy atom. The quantitative estimate of drug-likeness (QED) is 0.839. The van der Waals surface area contributed by atoms with Gasteiger partial charge < -0.3 is 15.8 Å². The van der Waals surface area contributed by atoms with Crippen molar-refractivity contribution in [3.8, 4) is 0 Å². The van der Waals surface area contributed by atoms with E-state index in [9.17, 15) is 4.79 Å². The van der Waals surface area contributed by atoms with Crippen molar-refractivity contribution >= 4 is 11.6 Å². The Bertz CT molecular complexity index is 428. The Morgan fingerprint density at radius 1 is 1.40 bits per heavy atom. The molecule has 1 atom stereocenters. The first-order valence-electron chi connectivity index (χ1n) is 7.48. The van der Waals surface area contributed by atoms with Crippen molar-refractivity contribution < 1.29 is 9.53 Å². The first-order chi connectivity index (χ1) is 9.78. The number of carbonyl (C=O) groups excluding carboxylic acids is 1. The lowest BCUT2D eigenvalue weighted by molar-refractivity contribution is -0.119. The lowest BCUT2D eigenvalue weighted by Gasteiger charge is -2.22. The van der Waals surface area contributed by atoms with Gasteiger partial charge in [0.2, 0.25) is 5.91 Å². The van der Waals surface area contributed by atoms with Crippen LogP contribution in [0.3, 0.4) is 0 Å². The van der Waals surface area contributed by atoms with Crippen LogP contribution in [0, 0.1) is 0 Å². The number of carbonyl (C=O) groups is 1. The minimum atomic E-state index is 0.0351. The van der Waals surface area contributed by atoms with E-state index in [-0.39, 0.29) is 12.0 Å². The van der Waals surface area contributed by atoms with Crippen LogP contribution < -0.4 is 11.1 Å². The van der Waals surface area contributed by atoms with Crippen molar-refractivity contribution in [1.29, 1.82) is 0 Å². The summed E-state index contributed by atoms with van der Waals surface area (Å²) in [6.45, 7) is 1.47. The average Bonchev–Trinajstić information content (AvgIpc) is 2.46. The van der Waals surface area contributed by atoms with Crippen molar-refractivity contribution in [3.63, 3.8) is 0 Å². The number of rotatable bonds is 6. The van der Waals surface area contributed by atoms with E-state index >= 15 is 0 Å². The summed E-state index contributed by atoms with van der Waals surface area (Å²) in [7, 11) is 0. The molecule has 1 saturated heterocycles. The molecule has 0 bridgehead atoms. The second-order valence-corrected chi connectivity index (χ2v) is 5.33. The fourth-order valence-electron chi connectivity index (χ4n) is 2.50. The van der Waals surface area contributed by atoms with E-state index < -0.39 is 0 Å². The third kappa shape index (κ3) is 4.94. The molecule has 1 aromatic rings. The zero-order valence-electron chi connectivity index (χ0n) is 11.9. The van der Waals surface area contributed by atoms with Gasteiger partial charge in [0.25, 0.3) is 0 Å². The van der Waals surface area contributed by atoms with Gasteiger partial charge in [-0.3, -0.25) is 4.79 Å². The maximum Gasteiger partial charge on any atom is 0.226 e. The predicted octanol–water partition coefficient (Wildman–Crippen LogP) is 2.48. The standard InChI is InChI=1S/C16H24N2O2/c17-9-4-6-13-5-3-7-14(11-13)18-16(19)12-15-8-1-2-10-20-15/h3,5,7,11,15H,1-2,4,6,8-10,12,17H2,(H,18,19). The van der Waals surface area contributed by atoms with Crippen LogP contribution in [0.2, 0.25) is 0 Å². The molecule has 1 heterocycles. The van der Waals surface area contributed by atoms with Crippen LogP contribution in [0.4, 0.5) is 5.69 Å². The van der Waals surface area contributed by atoms with E-state index in [4.69, 9.17) is 10.5 Å². The van der Waals surface area contributed by atoms with Crippen LogP contribution in [0.5, 0.6) is 0 Å². The molecular weight excluding hydrogens is 252 g/mol. The third-order valence-electron chi connectivity index (χ3n) is 3.57. The maximum absolute atomic E-state index is 12.0. The Balaban J connectivity index is 1.83. The molecule has 1 aromatic carbocycles.